The molecule has 1 aliphatic carbocycles. The summed E-state index contributed by atoms with van der Waals surface area (Å²) < 4.78 is 5.92. The number of likely N-dealkylation sites (N-methyl/N-ethyl adjacent to an activating group) is 1. The Morgan fingerprint density at radius 2 is 1.70 bits per heavy atom. The van der Waals surface area contributed by atoms with Gasteiger partial charge in [-0.3, -0.25) is 0 Å². The van der Waals surface area contributed by atoms with E-state index in [0.717, 1.165) is 18.4 Å². The van der Waals surface area contributed by atoms with Crippen molar-refractivity contribution in [3.63, 3.8) is 0 Å². The van der Waals surface area contributed by atoms with Crippen LogP contribution in [0.15, 0.2) is 54.6 Å². The van der Waals surface area contributed by atoms with Gasteiger partial charge in [0, 0.05) is 12.0 Å². The Labute approximate surface area is 143 Å². The molecular weight excluding hydrogens is 310 g/mol. The van der Waals surface area contributed by atoms with Gasteiger partial charge in [-0.05, 0) is 24.1 Å². The molecule has 0 saturated carbocycles. The summed E-state index contributed by atoms with van der Waals surface area (Å²) in [6.07, 6.45) is 1.90. The maximum Gasteiger partial charge on any atom is 0.338 e. The molecule has 122 valence electrons. The molecule has 0 bridgehead atoms. The maximum atomic E-state index is 12.5. The average molecular weight is 332 g/mol. The van der Waals surface area contributed by atoms with Gasteiger partial charge >= 0.3 is 5.97 Å². The van der Waals surface area contributed by atoms with Crippen molar-refractivity contribution >= 4 is 5.97 Å². The number of ether oxygens (including phenoxy) is 1. The van der Waals surface area contributed by atoms with E-state index >= 15 is 0 Å². The number of carbonyl (C=O) groups excluding carboxylic acids is 1. The lowest BCUT2D eigenvalue weighted by Crippen LogP contribution is -3.11. The molecule has 2 atom stereocenters. The van der Waals surface area contributed by atoms with E-state index in [1.54, 1.807) is 12.1 Å². The third-order valence-electron chi connectivity index (χ3n) is 4.44. The second kappa shape index (κ2) is 7.62. The minimum atomic E-state index is -0.242. The van der Waals surface area contributed by atoms with Gasteiger partial charge in [-0.1, -0.05) is 42.5 Å². The first-order valence-electron chi connectivity index (χ1n) is 7.80. The van der Waals surface area contributed by atoms with Crippen molar-refractivity contribution in [3.8, 4) is 0 Å². The fourth-order valence-corrected chi connectivity index (χ4v) is 3.21. The number of halogens is 1. The van der Waals surface area contributed by atoms with Gasteiger partial charge in [-0.25, -0.2) is 4.79 Å². The third kappa shape index (κ3) is 3.74. The number of esters is 1. The molecule has 23 heavy (non-hydrogen) atoms. The Morgan fingerprint density at radius 3 is 2.39 bits per heavy atom. The normalized spacial score (nSPS) is 19.6. The van der Waals surface area contributed by atoms with Crippen molar-refractivity contribution in [2.75, 3.05) is 14.1 Å². The number of hydrogen-bond acceptors (Lipinski definition) is 2. The second-order valence-corrected chi connectivity index (χ2v) is 6.11. The second-order valence-electron chi connectivity index (χ2n) is 6.11. The van der Waals surface area contributed by atoms with Crippen LogP contribution in [0.2, 0.25) is 0 Å². The van der Waals surface area contributed by atoms with Crippen LogP contribution in [-0.2, 0) is 11.2 Å². The number of carbonyl (C=O) groups is 1. The van der Waals surface area contributed by atoms with Crippen LogP contribution in [0.1, 0.15) is 34.0 Å². The number of quaternary nitrogens is 1. The highest BCUT2D eigenvalue weighted by molar-refractivity contribution is 5.89. The van der Waals surface area contributed by atoms with Crippen LogP contribution in [0.4, 0.5) is 0 Å². The topological polar surface area (TPSA) is 30.7 Å². The predicted octanol–water partition coefficient (Wildman–Crippen LogP) is -0.952. The first kappa shape index (κ1) is 17.5. The fraction of sp³-hybridized carbons (Fsp3) is 0.316. The summed E-state index contributed by atoms with van der Waals surface area (Å²) in [4.78, 5) is 13.8. The van der Waals surface area contributed by atoms with E-state index < -0.39 is 0 Å². The minimum absolute atomic E-state index is 0. The summed E-state index contributed by atoms with van der Waals surface area (Å²) in [6, 6.07) is 17.8. The molecule has 0 aromatic heterocycles. The summed E-state index contributed by atoms with van der Waals surface area (Å²) in [5, 5.41) is 0. The van der Waals surface area contributed by atoms with Crippen LogP contribution >= 0.6 is 0 Å². The molecule has 3 nitrogen and oxygen atoms in total. The molecule has 2 aromatic carbocycles. The van der Waals surface area contributed by atoms with Crippen molar-refractivity contribution in [2.24, 2.45) is 0 Å². The molecular formula is C19H22ClNO2. The fourth-order valence-electron chi connectivity index (χ4n) is 3.21. The van der Waals surface area contributed by atoms with Gasteiger partial charge in [-0.15, -0.1) is 0 Å². The lowest BCUT2D eigenvalue weighted by molar-refractivity contribution is -0.891. The van der Waals surface area contributed by atoms with Crippen molar-refractivity contribution in [1.82, 2.24) is 0 Å². The first-order chi connectivity index (χ1) is 10.7. The zero-order valence-corrected chi connectivity index (χ0v) is 14.2. The van der Waals surface area contributed by atoms with Crippen molar-refractivity contribution in [3.05, 3.63) is 71.3 Å². The lowest BCUT2D eigenvalue weighted by atomic mass is 9.85. The average Bonchev–Trinajstić information content (AvgIpc) is 2.55. The maximum absolute atomic E-state index is 12.5. The summed E-state index contributed by atoms with van der Waals surface area (Å²) >= 11 is 0. The Balaban J connectivity index is 0.00000192. The highest BCUT2D eigenvalue weighted by atomic mass is 35.5. The summed E-state index contributed by atoms with van der Waals surface area (Å²) in [6.45, 7) is 0. The molecule has 3 rings (SSSR count). The Morgan fingerprint density at radius 1 is 1.04 bits per heavy atom. The van der Waals surface area contributed by atoms with Gasteiger partial charge in [0.15, 0.2) is 6.10 Å². The number of benzene rings is 2. The molecule has 0 saturated heterocycles. The number of aryl methyl sites for hydroxylation is 1. The highest BCUT2D eigenvalue weighted by Crippen LogP contribution is 2.32. The van der Waals surface area contributed by atoms with Crippen LogP contribution in [0, 0.1) is 0 Å². The third-order valence-corrected chi connectivity index (χ3v) is 4.44. The van der Waals surface area contributed by atoms with E-state index in [2.05, 4.69) is 32.3 Å². The minimum Gasteiger partial charge on any atom is -1.00 e. The van der Waals surface area contributed by atoms with Crippen LogP contribution in [-0.4, -0.2) is 26.1 Å². The van der Waals surface area contributed by atoms with Gasteiger partial charge in [0.1, 0.15) is 6.04 Å². The standard InChI is InChI=1S/C19H21NO2.ClH/c1-20(2)17-13-12-14-8-6-7-11-16(14)18(17)22-19(21)15-9-4-3-5-10-15;/h3-11,17-18H,12-13H2,1-2H3;1H. The number of fused-ring (bicyclic) bond motifs is 1. The predicted molar refractivity (Wildman–Crippen MR) is 86.0 cm³/mol. The molecule has 0 spiro atoms. The molecule has 0 aliphatic heterocycles. The smallest absolute Gasteiger partial charge is 0.338 e. The molecule has 2 unspecified atom stereocenters. The quantitative estimate of drug-likeness (QED) is 0.735. The van der Waals surface area contributed by atoms with E-state index in [0.29, 0.717) is 11.6 Å². The zero-order chi connectivity index (χ0) is 15.5. The Hall–Kier alpha value is -1.84. The van der Waals surface area contributed by atoms with Crippen LogP contribution in [0.3, 0.4) is 0 Å². The number of nitrogens with one attached hydrogen (secondary N) is 1. The van der Waals surface area contributed by atoms with E-state index in [1.165, 1.54) is 10.5 Å². The van der Waals surface area contributed by atoms with E-state index in [4.69, 9.17) is 4.74 Å². The molecule has 2 aromatic rings. The van der Waals surface area contributed by atoms with E-state index in [-0.39, 0.29) is 24.5 Å². The SMILES string of the molecule is C[NH+](C)C1CCc2ccccc2C1OC(=O)c1ccccc1.[Cl-]. The first-order valence-corrected chi connectivity index (χ1v) is 7.80. The van der Waals surface area contributed by atoms with Gasteiger partial charge < -0.3 is 22.0 Å². The Kier molecular flexibility index (Phi) is 5.80. The van der Waals surface area contributed by atoms with Gasteiger partial charge in [0.05, 0.1) is 19.7 Å². The molecule has 0 fully saturated rings. The number of rotatable bonds is 3. The molecule has 0 radical (unpaired) electrons. The highest BCUT2D eigenvalue weighted by Gasteiger charge is 2.36. The Bertz CT molecular complexity index is 657. The van der Waals surface area contributed by atoms with Crippen LogP contribution in [0.5, 0.6) is 0 Å². The van der Waals surface area contributed by atoms with Crippen LogP contribution < -0.4 is 17.3 Å². The lowest BCUT2D eigenvalue weighted by Gasteiger charge is -2.34. The summed E-state index contributed by atoms with van der Waals surface area (Å²) in [5.74, 6) is -0.242. The largest absolute Gasteiger partial charge is 1.00 e. The zero-order valence-electron chi connectivity index (χ0n) is 13.5. The molecule has 1 N–H and O–H groups in total. The van der Waals surface area contributed by atoms with E-state index in [9.17, 15) is 4.79 Å². The molecule has 4 heteroatoms. The molecule has 0 heterocycles. The molecule has 1 aliphatic rings. The van der Waals surface area contributed by atoms with Crippen molar-refractivity contribution in [1.29, 1.82) is 0 Å². The van der Waals surface area contributed by atoms with Gasteiger partial charge in [0.2, 0.25) is 0 Å². The van der Waals surface area contributed by atoms with Gasteiger partial charge in [-0.2, -0.15) is 0 Å². The monoisotopic (exact) mass is 331 g/mol. The van der Waals surface area contributed by atoms with Gasteiger partial charge in [0.25, 0.3) is 0 Å². The van der Waals surface area contributed by atoms with E-state index in [1.807, 2.05) is 24.3 Å². The summed E-state index contributed by atoms with van der Waals surface area (Å²) in [5.41, 5.74) is 3.06. The summed E-state index contributed by atoms with van der Waals surface area (Å²) in [7, 11) is 4.25. The van der Waals surface area contributed by atoms with Crippen molar-refractivity contribution < 1.29 is 26.8 Å². The number of hydrogen-bond donors (Lipinski definition) is 1. The van der Waals surface area contributed by atoms with Crippen LogP contribution in [0.25, 0.3) is 0 Å². The molecule has 0 amide bonds. The van der Waals surface area contributed by atoms with Crippen molar-refractivity contribution in [2.45, 2.75) is 25.0 Å².